The van der Waals surface area contributed by atoms with E-state index < -0.39 is 6.72 Å². The molecule has 0 heterocycles. The van der Waals surface area contributed by atoms with Crippen LogP contribution in [-0.4, -0.2) is 28.4 Å². The summed E-state index contributed by atoms with van der Waals surface area (Å²) < 4.78 is 4.43. The van der Waals surface area contributed by atoms with Gasteiger partial charge in [-0.1, -0.05) is 0 Å². The van der Waals surface area contributed by atoms with Crippen LogP contribution in [0.3, 0.4) is 0 Å². The highest BCUT2D eigenvalue weighted by molar-refractivity contribution is 8.06. The lowest BCUT2D eigenvalue weighted by Crippen LogP contribution is -2.02. The Hall–Kier alpha value is 0.450. The summed E-state index contributed by atoms with van der Waals surface area (Å²) >= 11 is 4.16. The van der Waals surface area contributed by atoms with E-state index in [9.17, 15) is 0 Å². The highest BCUT2D eigenvalue weighted by Gasteiger charge is 2.05. The van der Waals surface area contributed by atoms with Crippen LogP contribution >= 0.6 is 6.72 Å². The Labute approximate surface area is 64.4 Å². The molecule has 0 aromatic heterocycles. The van der Waals surface area contributed by atoms with Crippen molar-refractivity contribution in [3.8, 4) is 0 Å². The maximum atomic E-state index is 8.46. The van der Waals surface area contributed by atoms with E-state index >= 15 is 0 Å². The molecule has 0 aliphatic carbocycles. The summed E-state index contributed by atoms with van der Waals surface area (Å²) in [6.07, 6.45) is 0.597. The molecule has 0 spiro atoms. The third-order valence-corrected chi connectivity index (χ3v) is 1.44. The normalized spacial score (nSPS) is 10.7. The first-order valence-corrected chi connectivity index (χ1v) is 5.09. The van der Waals surface area contributed by atoms with E-state index in [4.69, 9.17) is 15.5 Å². The molecule has 0 radical (unpaired) electrons. The molecule has 0 aromatic rings. The van der Waals surface area contributed by atoms with Crippen molar-refractivity contribution in [3.05, 3.63) is 0 Å². The predicted octanol–water partition coefficient (Wildman–Crippen LogP) is -1.26. The van der Waals surface area contributed by atoms with E-state index in [1.165, 1.54) is 0 Å². The third-order valence-electron chi connectivity index (χ3n) is 0.608. The minimum atomic E-state index is -3.42. The summed E-state index contributed by atoms with van der Waals surface area (Å²) in [4.78, 5) is 16.9. The first-order valence-electron chi connectivity index (χ1n) is 2.46. The first kappa shape index (κ1) is 13.1. The van der Waals surface area contributed by atoms with Gasteiger partial charge < -0.3 is 25.5 Å². The van der Waals surface area contributed by atoms with Gasteiger partial charge in [-0.05, 0) is 24.8 Å². The van der Waals surface area contributed by atoms with Gasteiger partial charge in [0.05, 0.1) is 6.61 Å². The maximum Gasteiger partial charge on any atom is 0.321 e. The van der Waals surface area contributed by atoms with Gasteiger partial charge in [-0.2, -0.15) is 0 Å². The molecule has 0 amide bonds. The van der Waals surface area contributed by atoms with Gasteiger partial charge in [0.2, 0.25) is 0 Å². The summed E-state index contributed by atoms with van der Waals surface area (Å²) in [5, 5.41) is 0. The SMILES string of the molecule is NCCCOP(O)(O)=S.O. The van der Waals surface area contributed by atoms with Crippen LogP contribution in [0.15, 0.2) is 0 Å². The molecule has 5 nitrogen and oxygen atoms in total. The highest BCUT2D eigenvalue weighted by Crippen LogP contribution is 2.35. The molecule has 10 heavy (non-hydrogen) atoms. The van der Waals surface area contributed by atoms with Crippen LogP contribution in [0.2, 0.25) is 0 Å². The molecule has 0 saturated heterocycles. The lowest BCUT2D eigenvalue weighted by molar-refractivity contribution is 0.250. The Bertz CT molecular complexity index is 115. The van der Waals surface area contributed by atoms with Crippen molar-refractivity contribution in [2.75, 3.05) is 13.2 Å². The van der Waals surface area contributed by atoms with Crippen molar-refractivity contribution in [1.29, 1.82) is 0 Å². The smallest absolute Gasteiger partial charge is 0.321 e. The third kappa shape index (κ3) is 11.3. The minimum absolute atomic E-state index is 0. The monoisotopic (exact) mass is 189 g/mol. The fourth-order valence-electron chi connectivity index (χ4n) is 0.267. The molecule has 6 N–H and O–H groups in total. The molecule has 0 atom stereocenters. The van der Waals surface area contributed by atoms with Crippen LogP contribution in [0, 0.1) is 0 Å². The summed E-state index contributed by atoms with van der Waals surface area (Å²) in [5.74, 6) is 0. The largest absolute Gasteiger partial charge is 0.412 e. The number of nitrogens with two attached hydrogens (primary N) is 1. The second-order valence-corrected chi connectivity index (χ2v) is 4.13. The molecule has 64 valence electrons. The van der Waals surface area contributed by atoms with Gasteiger partial charge in [-0.15, -0.1) is 0 Å². The minimum Gasteiger partial charge on any atom is -0.412 e. The van der Waals surface area contributed by atoms with Gasteiger partial charge in [-0.3, -0.25) is 0 Å². The van der Waals surface area contributed by atoms with E-state index in [0.29, 0.717) is 13.0 Å². The Kier molecular flexibility index (Phi) is 8.08. The molecular weight excluding hydrogens is 177 g/mol. The zero-order valence-corrected chi connectivity index (χ0v) is 7.07. The molecule has 0 fully saturated rings. The topological polar surface area (TPSA) is 107 Å². The first-order chi connectivity index (χ1) is 4.06. The molecule has 0 rings (SSSR count). The fourth-order valence-corrected chi connectivity index (χ4v) is 0.857. The van der Waals surface area contributed by atoms with Gasteiger partial charge in [0.15, 0.2) is 0 Å². The lowest BCUT2D eigenvalue weighted by Gasteiger charge is -2.05. The molecule has 0 bridgehead atoms. The second kappa shape index (κ2) is 6.18. The average Bonchev–Trinajstić information content (AvgIpc) is 1.63. The van der Waals surface area contributed by atoms with Gasteiger partial charge in [0, 0.05) is 0 Å². The van der Waals surface area contributed by atoms with Gasteiger partial charge in [-0.25, -0.2) is 0 Å². The molecule has 7 heteroatoms. The summed E-state index contributed by atoms with van der Waals surface area (Å²) in [6, 6.07) is 0. The lowest BCUT2D eigenvalue weighted by atomic mass is 10.5. The Morgan fingerprint density at radius 2 is 2.00 bits per heavy atom. The zero-order chi connectivity index (χ0) is 7.33. The van der Waals surface area contributed by atoms with Crippen LogP contribution in [0.25, 0.3) is 0 Å². The van der Waals surface area contributed by atoms with Crippen molar-refractivity contribution in [3.63, 3.8) is 0 Å². The van der Waals surface area contributed by atoms with Crippen LogP contribution in [0.4, 0.5) is 0 Å². The summed E-state index contributed by atoms with van der Waals surface area (Å²) in [5.41, 5.74) is 5.09. The molecule has 0 unspecified atom stereocenters. The van der Waals surface area contributed by atoms with Crippen LogP contribution in [0.5, 0.6) is 0 Å². The summed E-state index contributed by atoms with van der Waals surface area (Å²) in [7, 11) is 0. The van der Waals surface area contributed by atoms with E-state index in [-0.39, 0.29) is 12.1 Å². The van der Waals surface area contributed by atoms with Crippen molar-refractivity contribution in [2.45, 2.75) is 6.42 Å². The Morgan fingerprint density at radius 3 is 2.30 bits per heavy atom. The van der Waals surface area contributed by atoms with E-state index in [2.05, 4.69) is 16.3 Å². The molecule has 0 aromatic carbocycles. The predicted molar refractivity (Wildman–Crippen MR) is 42.0 cm³/mol. The number of rotatable bonds is 4. The molecule has 0 aliphatic heterocycles. The van der Waals surface area contributed by atoms with Gasteiger partial charge in [0.25, 0.3) is 0 Å². The Balaban J connectivity index is 0. The molecule has 0 saturated carbocycles. The Morgan fingerprint density at radius 1 is 1.50 bits per heavy atom. The van der Waals surface area contributed by atoms with Crippen molar-refractivity contribution in [2.24, 2.45) is 5.73 Å². The van der Waals surface area contributed by atoms with Crippen molar-refractivity contribution in [1.82, 2.24) is 0 Å². The maximum absolute atomic E-state index is 8.46. The van der Waals surface area contributed by atoms with E-state index in [1.807, 2.05) is 0 Å². The quantitative estimate of drug-likeness (QED) is 0.378. The second-order valence-electron chi connectivity index (χ2n) is 1.47. The fraction of sp³-hybridized carbons (Fsp3) is 1.00. The molecular formula is C3H12NO4PS. The van der Waals surface area contributed by atoms with Gasteiger partial charge in [0.1, 0.15) is 0 Å². The van der Waals surface area contributed by atoms with E-state index in [1.54, 1.807) is 0 Å². The van der Waals surface area contributed by atoms with Crippen LogP contribution in [0.1, 0.15) is 6.42 Å². The summed E-state index contributed by atoms with van der Waals surface area (Å²) in [6.45, 7) is -2.73. The molecule has 0 aliphatic rings. The average molecular weight is 189 g/mol. The van der Waals surface area contributed by atoms with Crippen LogP contribution in [-0.2, 0) is 16.3 Å². The standard InChI is InChI=1S/C3H10NO3PS.H2O/c4-2-1-3-7-8(5,6)9;/h1-4H2,(H2,5,6,9);1H2. The van der Waals surface area contributed by atoms with Gasteiger partial charge >= 0.3 is 6.72 Å². The number of hydrogen-bond donors (Lipinski definition) is 3. The zero-order valence-electron chi connectivity index (χ0n) is 5.36. The van der Waals surface area contributed by atoms with Crippen molar-refractivity contribution < 1.29 is 19.8 Å². The van der Waals surface area contributed by atoms with Crippen molar-refractivity contribution >= 4 is 18.5 Å². The highest BCUT2D eigenvalue weighted by atomic mass is 32.5. The number of hydrogen-bond acceptors (Lipinski definition) is 3. The van der Waals surface area contributed by atoms with Crippen LogP contribution < -0.4 is 5.73 Å². The van der Waals surface area contributed by atoms with E-state index in [0.717, 1.165) is 0 Å².